The summed E-state index contributed by atoms with van der Waals surface area (Å²) < 4.78 is 5.27. The molecule has 7 heteroatoms. The van der Waals surface area contributed by atoms with Crippen LogP contribution >= 0.6 is 11.3 Å². The molecule has 22 heavy (non-hydrogen) atoms. The first-order valence-corrected chi connectivity index (χ1v) is 8.64. The average Bonchev–Trinajstić information content (AvgIpc) is 3.24. The predicted molar refractivity (Wildman–Crippen MR) is 80.8 cm³/mol. The van der Waals surface area contributed by atoms with Gasteiger partial charge in [-0.2, -0.15) is 4.98 Å². The summed E-state index contributed by atoms with van der Waals surface area (Å²) in [5.41, 5.74) is 1.13. The standard InChI is InChI=1S/C15H18N4O2S/c1-9-16-13(21-18-9)11-6-4-8-19(11)15(20)14-17-10-5-2-3-7-12(10)22-14/h11H,2-8H2,1H3. The molecule has 1 saturated heterocycles. The molecule has 1 atom stereocenters. The molecule has 2 aromatic rings. The number of amides is 1. The van der Waals surface area contributed by atoms with Crippen LogP contribution in [0.3, 0.4) is 0 Å². The maximum absolute atomic E-state index is 12.8. The maximum atomic E-state index is 12.8. The number of likely N-dealkylation sites (tertiary alicyclic amines) is 1. The van der Waals surface area contributed by atoms with Gasteiger partial charge in [0.25, 0.3) is 5.91 Å². The van der Waals surface area contributed by atoms with Gasteiger partial charge in [-0.3, -0.25) is 4.79 Å². The quantitative estimate of drug-likeness (QED) is 0.851. The molecule has 1 fully saturated rings. The highest BCUT2D eigenvalue weighted by molar-refractivity contribution is 7.13. The number of fused-ring (bicyclic) bond motifs is 1. The third kappa shape index (κ3) is 2.33. The van der Waals surface area contributed by atoms with Crippen LogP contribution in [-0.2, 0) is 12.8 Å². The van der Waals surface area contributed by atoms with Gasteiger partial charge in [0.2, 0.25) is 5.89 Å². The number of rotatable bonds is 2. The largest absolute Gasteiger partial charge is 0.337 e. The van der Waals surface area contributed by atoms with Crippen molar-refractivity contribution in [2.24, 2.45) is 0 Å². The third-order valence-electron chi connectivity index (χ3n) is 4.37. The Balaban J connectivity index is 1.60. The lowest BCUT2D eigenvalue weighted by Gasteiger charge is -2.20. The summed E-state index contributed by atoms with van der Waals surface area (Å²) >= 11 is 1.56. The smallest absolute Gasteiger partial charge is 0.283 e. The van der Waals surface area contributed by atoms with Crippen LogP contribution in [0.2, 0.25) is 0 Å². The number of thiazole rings is 1. The van der Waals surface area contributed by atoms with Crippen molar-refractivity contribution < 1.29 is 9.32 Å². The van der Waals surface area contributed by atoms with Gasteiger partial charge in [0.05, 0.1) is 5.69 Å². The number of hydrogen-bond donors (Lipinski definition) is 0. The Morgan fingerprint density at radius 1 is 1.27 bits per heavy atom. The maximum Gasteiger partial charge on any atom is 0.283 e. The van der Waals surface area contributed by atoms with Crippen molar-refractivity contribution in [2.75, 3.05) is 6.54 Å². The summed E-state index contributed by atoms with van der Waals surface area (Å²) in [6.07, 6.45) is 6.29. The molecule has 0 aromatic carbocycles. The van der Waals surface area contributed by atoms with E-state index < -0.39 is 0 Å². The summed E-state index contributed by atoms with van der Waals surface area (Å²) in [6, 6.07) is -0.102. The highest BCUT2D eigenvalue weighted by atomic mass is 32.1. The fourth-order valence-corrected chi connectivity index (χ4v) is 4.39. The number of aromatic nitrogens is 3. The van der Waals surface area contributed by atoms with Crippen molar-refractivity contribution in [2.45, 2.75) is 51.5 Å². The van der Waals surface area contributed by atoms with Crippen LogP contribution in [0.4, 0.5) is 0 Å². The molecule has 2 aromatic heterocycles. The first-order valence-electron chi connectivity index (χ1n) is 7.82. The Morgan fingerprint density at radius 2 is 2.14 bits per heavy atom. The first kappa shape index (κ1) is 13.9. The molecule has 1 aliphatic heterocycles. The molecule has 116 valence electrons. The van der Waals surface area contributed by atoms with Gasteiger partial charge < -0.3 is 9.42 Å². The van der Waals surface area contributed by atoms with E-state index in [0.29, 0.717) is 16.7 Å². The predicted octanol–water partition coefficient (Wildman–Crippen LogP) is 2.69. The van der Waals surface area contributed by atoms with Crippen molar-refractivity contribution in [3.8, 4) is 0 Å². The van der Waals surface area contributed by atoms with Crippen LogP contribution in [0, 0.1) is 6.92 Å². The number of hydrogen-bond acceptors (Lipinski definition) is 6. The minimum Gasteiger partial charge on any atom is -0.337 e. The molecule has 2 aliphatic rings. The molecular formula is C15H18N4O2S. The van der Waals surface area contributed by atoms with Gasteiger partial charge in [0.15, 0.2) is 10.8 Å². The highest BCUT2D eigenvalue weighted by Gasteiger charge is 2.36. The Labute approximate surface area is 132 Å². The molecule has 1 unspecified atom stereocenters. The van der Waals surface area contributed by atoms with E-state index in [1.54, 1.807) is 18.3 Å². The molecule has 6 nitrogen and oxygen atoms in total. The first-order chi connectivity index (χ1) is 10.7. The summed E-state index contributed by atoms with van der Waals surface area (Å²) in [7, 11) is 0. The van der Waals surface area contributed by atoms with Crippen LogP contribution < -0.4 is 0 Å². The number of aryl methyl sites for hydroxylation is 3. The van der Waals surface area contributed by atoms with Gasteiger partial charge in [-0.1, -0.05) is 5.16 Å². The summed E-state index contributed by atoms with van der Waals surface area (Å²) in [5, 5.41) is 4.46. The van der Waals surface area contributed by atoms with E-state index in [2.05, 4.69) is 15.1 Å². The number of carbonyl (C=O) groups is 1. The second-order valence-electron chi connectivity index (χ2n) is 5.93. The lowest BCUT2D eigenvalue weighted by Crippen LogP contribution is -2.30. The van der Waals surface area contributed by atoms with E-state index in [4.69, 9.17) is 4.52 Å². The van der Waals surface area contributed by atoms with Crippen molar-refractivity contribution in [3.05, 3.63) is 27.3 Å². The van der Waals surface area contributed by atoms with Gasteiger partial charge in [-0.15, -0.1) is 11.3 Å². The molecule has 0 bridgehead atoms. The average molecular weight is 318 g/mol. The third-order valence-corrected chi connectivity index (χ3v) is 5.52. The zero-order valence-electron chi connectivity index (χ0n) is 12.5. The summed E-state index contributed by atoms with van der Waals surface area (Å²) in [4.78, 5) is 24.9. The van der Waals surface area contributed by atoms with Crippen molar-refractivity contribution in [1.29, 1.82) is 0 Å². The monoisotopic (exact) mass is 318 g/mol. The second kappa shape index (κ2) is 5.46. The van der Waals surface area contributed by atoms with Gasteiger partial charge in [-0.05, 0) is 45.4 Å². The van der Waals surface area contributed by atoms with Gasteiger partial charge in [-0.25, -0.2) is 4.98 Å². The normalized spacial score (nSPS) is 21.1. The SMILES string of the molecule is Cc1noc(C2CCCN2C(=O)c2nc3c(s2)CCCC3)n1. The Kier molecular flexibility index (Phi) is 3.44. The molecule has 1 aliphatic carbocycles. The fourth-order valence-electron chi connectivity index (χ4n) is 3.28. The zero-order chi connectivity index (χ0) is 15.1. The molecule has 0 saturated carbocycles. The Morgan fingerprint density at radius 3 is 2.91 bits per heavy atom. The van der Waals surface area contributed by atoms with Crippen molar-refractivity contribution in [3.63, 3.8) is 0 Å². The highest BCUT2D eigenvalue weighted by Crippen LogP contribution is 2.34. The van der Waals surface area contributed by atoms with Gasteiger partial charge in [0.1, 0.15) is 6.04 Å². The van der Waals surface area contributed by atoms with Crippen LogP contribution in [0.5, 0.6) is 0 Å². The van der Waals surface area contributed by atoms with Crippen LogP contribution in [0.15, 0.2) is 4.52 Å². The lowest BCUT2D eigenvalue weighted by atomic mass is 10.0. The summed E-state index contributed by atoms with van der Waals surface area (Å²) in [5.74, 6) is 1.17. The Hall–Kier alpha value is -1.76. The van der Waals surface area contributed by atoms with E-state index in [-0.39, 0.29) is 11.9 Å². The lowest BCUT2D eigenvalue weighted by molar-refractivity contribution is 0.0709. The fraction of sp³-hybridized carbons (Fsp3) is 0.600. The van der Waals surface area contributed by atoms with E-state index in [1.165, 1.54) is 17.7 Å². The molecule has 4 rings (SSSR count). The van der Waals surface area contributed by atoms with Crippen LogP contribution in [-0.4, -0.2) is 32.5 Å². The van der Waals surface area contributed by atoms with Crippen molar-refractivity contribution in [1.82, 2.24) is 20.0 Å². The zero-order valence-corrected chi connectivity index (χ0v) is 13.4. The molecule has 3 heterocycles. The van der Waals surface area contributed by atoms with Gasteiger partial charge in [0, 0.05) is 11.4 Å². The molecule has 0 N–H and O–H groups in total. The number of nitrogens with zero attached hydrogens (tertiary/aromatic N) is 4. The van der Waals surface area contributed by atoms with E-state index in [1.807, 2.05) is 4.90 Å². The molecular weight excluding hydrogens is 300 g/mol. The number of carbonyl (C=O) groups excluding carboxylic acids is 1. The Bertz CT molecular complexity index is 685. The van der Waals surface area contributed by atoms with E-state index in [0.717, 1.165) is 37.9 Å². The van der Waals surface area contributed by atoms with Gasteiger partial charge >= 0.3 is 0 Å². The topological polar surface area (TPSA) is 72.1 Å². The van der Waals surface area contributed by atoms with E-state index in [9.17, 15) is 4.79 Å². The van der Waals surface area contributed by atoms with Crippen molar-refractivity contribution >= 4 is 17.2 Å². The minimum absolute atomic E-state index is 0.0118. The van der Waals surface area contributed by atoms with E-state index >= 15 is 0 Å². The molecule has 1 amide bonds. The van der Waals surface area contributed by atoms with Crippen LogP contribution in [0.25, 0.3) is 0 Å². The molecule has 0 spiro atoms. The summed E-state index contributed by atoms with van der Waals surface area (Å²) in [6.45, 7) is 2.53. The molecule has 0 radical (unpaired) electrons. The van der Waals surface area contributed by atoms with Crippen LogP contribution in [0.1, 0.15) is 63.8 Å². The second-order valence-corrected chi connectivity index (χ2v) is 7.02. The minimum atomic E-state index is -0.102.